The minimum absolute atomic E-state index is 0.171. The predicted molar refractivity (Wildman–Crippen MR) is 238 cm³/mol. The Labute approximate surface area is 359 Å². The van der Waals surface area contributed by atoms with Crippen molar-refractivity contribution in [3.63, 3.8) is 0 Å². The van der Waals surface area contributed by atoms with E-state index in [1.807, 2.05) is 50.3 Å². The summed E-state index contributed by atoms with van der Waals surface area (Å²) in [5.74, 6) is 3.11. The molecule has 11 heteroatoms. The van der Waals surface area contributed by atoms with Gasteiger partial charge in [0, 0.05) is 5.41 Å². The molecule has 0 amide bonds. The van der Waals surface area contributed by atoms with Gasteiger partial charge in [0.05, 0.1) is 33.8 Å². The van der Waals surface area contributed by atoms with Crippen molar-refractivity contribution >= 4 is 19.7 Å². The second-order valence-electron chi connectivity index (χ2n) is 14.3. The van der Waals surface area contributed by atoms with Crippen molar-refractivity contribution in [2.24, 2.45) is 0 Å². The van der Waals surface area contributed by atoms with Gasteiger partial charge in [-0.25, -0.2) is 16.8 Å². The van der Waals surface area contributed by atoms with Gasteiger partial charge < -0.3 is 18.9 Å². The molecule has 61 heavy (non-hydrogen) atoms. The largest absolute Gasteiger partial charge is 0.497 e. The predicted octanol–water partition coefficient (Wildman–Crippen LogP) is 11.7. The van der Waals surface area contributed by atoms with Gasteiger partial charge in [-0.3, -0.25) is 0 Å². The Morgan fingerprint density at radius 1 is 0.607 bits per heavy atom. The highest BCUT2D eigenvalue weighted by Crippen LogP contribution is 2.33. The molecule has 312 valence electrons. The molecular formula is C50H47NO8S2. The molecule has 0 bridgehead atoms. The number of methoxy groups -OCH3 is 2. The van der Waals surface area contributed by atoms with E-state index in [2.05, 4.69) is 32.6 Å². The number of sulfone groups is 2. The third kappa shape index (κ3) is 11.5. The van der Waals surface area contributed by atoms with E-state index in [-0.39, 0.29) is 30.6 Å². The van der Waals surface area contributed by atoms with Crippen molar-refractivity contribution in [2.75, 3.05) is 14.2 Å². The van der Waals surface area contributed by atoms with E-state index in [1.165, 1.54) is 19.2 Å². The lowest BCUT2D eigenvalue weighted by atomic mass is 9.84. The van der Waals surface area contributed by atoms with Crippen LogP contribution in [0.4, 0.5) is 0 Å². The Morgan fingerprint density at radius 2 is 1.02 bits per heavy atom. The minimum atomic E-state index is -3.60. The van der Waals surface area contributed by atoms with E-state index in [4.69, 9.17) is 18.9 Å². The summed E-state index contributed by atoms with van der Waals surface area (Å²) < 4.78 is 73.1. The lowest BCUT2D eigenvalue weighted by molar-refractivity contribution is 0.307. The maximum absolute atomic E-state index is 12.8. The van der Waals surface area contributed by atoms with Gasteiger partial charge in [-0.2, -0.15) is 5.26 Å². The van der Waals surface area contributed by atoms with Crippen LogP contribution in [0.2, 0.25) is 0 Å². The van der Waals surface area contributed by atoms with Crippen LogP contribution >= 0.6 is 0 Å². The topological polar surface area (TPSA) is 129 Å². The van der Waals surface area contributed by atoms with Gasteiger partial charge in [0.15, 0.2) is 0 Å². The first-order chi connectivity index (χ1) is 29.1. The van der Waals surface area contributed by atoms with Gasteiger partial charge >= 0.3 is 0 Å². The van der Waals surface area contributed by atoms with Crippen LogP contribution < -0.4 is 14.2 Å². The number of nitrogens with zero attached hydrogens (tertiary/aromatic N) is 1. The summed E-state index contributed by atoms with van der Waals surface area (Å²) in [6.45, 7) is 11.8. The molecule has 6 rings (SSSR count). The van der Waals surface area contributed by atoms with Crippen LogP contribution in [-0.2, 0) is 29.8 Å². The Morgan fingerprint density at radius 3 is 1.43 bits per heavy atom. The standard InChI is InChI=1S/C29H30O4S.C21H17NO4S/c1-6-24(32-5)8-7-21-29(3,4)23-11-13-25(14-12-23)33-26-15-19-28(20-16-26)34(30,31)27-17-9-22(2)10-18-27;1-15-6-10-17(11-7-15)27(23,24)18-12-8-16(9-13-18)26-21-5-3-4-20(25-2)19(21)14-22/h6-21H,1H2,2-5H3;3-13H,1-2H3/b21-7+,24-8+;. The number of benzene rings is 6. The summed E-state index contributed by atoms with van der Waals surface area (Å²) in [6, 6.07) is 41.0. The van der Waals surface area contributed by atoms with E-state index in [0.29, 0.717) is 34.5 Å². The molecule has 0 N–H and O–H groups in total. The van der Waals surface area contributed by atoms with Gasteiger partial charge in [-0.15, -0.1) is 0 Å². The second kappa shape index (κ2) is 19.9. The third-order valence-electron chi connectivity index (χ3n) is 9.52. The van der Waals surface area contributed by atoms with E-state index in [1.54, 1.807) is 116 Å². The zero-order valence-electron chi connectivity index (χ0n) is 34.8. The Balaban J connectivity index is 0.000000237. The van der Waals surface area contributed by atoms with Crippen LogP contribution in [0.15, 0.2) is 196 Å². The average molecular weight is 854 g/mol. The Hall–Kier alpha value is -6.87. The highest BCUT2D eigenvalue weighted by Gasteiger charge is 2.20. The Kier molecular flexibility index (Phi) is 14.8. The summed E-state index contributed by atoms with van der Waals surface area (Å²) >= 11 is 0. The maximum Gasteiger partial charge on any atom is 0.206 e. The summed E-state index contributed by atoms with van der Waals surface area (Å²) in [4.78, 5) is 0.915. The number of aryl methyl sites for hydroxylation is 2. The van der Waals surface area contributed by atoms with E-state index in [0.717, 1.165) is 16.7 Å². The fourth-order valence-corrected chi connectivity index (χ4v) is 8.39. The normalized spacial score (nSPS) is 11.8. The van der Waals surface area contributed by atoms with Crippen molar-refractivity contribution < 1.29 is 35.8 Å². The molecular weight excluding hydrogens is 807 g/mol. The average Bonchev–Trinajstić information content (AvgIpc) is 3.26. The van der Waals surface area contributed by atoms with Gasteiger partial charge in [-0.05, 0) is 129 Å². The van der Waals surface area contributed by atoms with Crippen molar-refractivity contribution in [2.45, 2.75) is 52.7 Å². The molecule has 0 saturated carbocycles. The molecule has 0 aliphatic rings. The van der Waals surface area contributed by atoms with E-state index >= 15 is 0 Å². The van der Waals surface area contributed by atoms with E-state index in [9.17, 15) is 22.1 Å². The van der Waals surface area contributed by atoms with Crippen molar-refractivity contribution in [1.82, 2.24) is 0 Å². The molecule has 0 spiro atoms. The number of nitriles is 1. The van der Waals surface area contributed by atoms with Crippen molar-refractivity contribution in [3.8, 4) is 34.8 Å². The lowest BCUT2D eigenvalue weighted by Gasteiger charge is -2.21. The number of rotatable bonds is 14. The lowest BCUT2D eigenvalue weighted by Crippen LogP contribution is -2.13. The number of allylic oxidation sites excluding steroid dienone is 4. The number of hydrogen-bond acceptors (Lipinski definition) is 9. The van der Waals surface area contributed by atoms with Crippen molar-refractivity contribution in [1.29, 1.82) is 5.26 Å². The van der Waals surface area contributed by atoms with E-state index < -0.39 is 19.7 Å². The first kappa shape index (κ1) is 45.2. The smallest absolute Gasteiger partial charge is 0.206 e. The zero-order chi connectivity index (χ0) is 44.2. The fourth-order valence-electron chi connectivity index (χ4n) is 5.87. The molecule has 9 nitrogen and oxygen atoms in total. The molecule has 6 aromatic carbocycles. The Bertz CT molecular complexity index is 2770. The summed E-state index contributed by atoms with van der Waals surface area (Å²) in [7, 11) is -4.07. The molecule has 0 aliphatic carbocycles. The highest BCUT2D eigenvalue weighted by molar-refractivity contribution is 7.91. The first-order valence-corrected chi connectivity index (χ1v) is 22.0. The molecule has 0 saturated heterocycles. The number of ether oxygens (including phenoxy) is 4. The van der Waals surface area contributed by atoms with Gasteiger partial charge in [0.1, 0.15) is 46.1 Å². The summed E-state index contributed by atoms with van der Waals surface area (Å²) in [6.07, 6.45) is 7.58. The first-order valence-electron chi connectivity index (χ1n) is 19.0. The van der Waals surface area contributed by atoms with Gasteiger partial charge in [0.25, 0.3) is 0 Å². The van der Waals surface area contributed by atoms with Crippen LogP contribution in [0.1, 0.15) is 36.1 Å². The molecule has 0 fully saturated rings. The molecule has 0 radical (unpaired) electrons. The zero-order valence-corrected chi connectivity index (χ0v) is 36.5. The second-order valence-corrected chi connectivity index (χ2v) is 18.2. The van der Waals surface area contributed by atoms with Crippen LogP contribution in [0, 0.1) is 25.2 Å². The fraction of sp³-hybridized carbons (Fsp3) is 0.140. The quantitative estimate of drug-likeness (QED) is 0.0776. The van der Waals surface area contributed by atoms with Gasteiger partial charge in [0.2, 0.25) is 19.7 Å². The van der Waals surface area contributed by atoms with Gasteiger partial charge in [-0.1, -0.05) is 86.2 Å². The van der Waals surface area contributed by atoms with Crippen LogP contribution in [0.5, 0.6) is 28.7 Å². The SMILES string of the molecule is C=C/C(=C\C=C\C(C)(C)c1ccc(Oc2ccc(S(=O)(=O)c3ccc(C)cc3)cc2)cc1)OC.COc1cccc(Oc2ccc(S(=O)(=O)c3ccc(C)cc3)cc2)c1C#N. The molecule has 6 aromatic rings. The molecule has 0 unspecified atom stereocenters. The third-order valence-corrected chi connectivity index (χ3v) is 13.1. The minimum Gasteiger partial charge on any atom is -0.497 e. The molecule has 0 atom stereocenters. The maximum atomic E-state index is 12.8. The van der Waals surface area contributed by atoms with Crippen molar-refractivity contribution in [3.05, 3.63) is 198 Å². The summed E-state index contributed by atoms with van der Waals surface area (Å²) in [5, 5.41) is 9.32. The van der Waals surface area contributed by atoms with Crippen LogP contribution in [-0.4, -0.2) is 31.1 Å². The van der Waals surface area contributed by atoms with Crippen LogP contribution in [0.25, 0.3) is 0 Å². The van der Waals surface area contributed by atoms with Crippen LogP contribution in [0.3, 0.4) is 0 Å². The molecule has 0 aromatic heterocycles. The summed E-state index contributed by atoms with van der Waals surface area (Å²) in [5.41, 5.74) is 3.21. The highest BCUT2D eigenvalue weighted by atomic mass is 32.2. The molecule has 0 aliphatic heterocycles. The molecule has 0 heterocycles. The number of hydrogen-bond donors (Lipinski definition) is 0. The monoisotopic (exact) mass is 853 g/mol.